The molecule has 0 spiro atoms. The van der Waals surface area contributed by atoms with E-state index in [1.54, 1.807) is 17.8 Å². The molecule has 3 aromatic rings. The van der Waals surface area contributed by atoms with Crippen molar-refractivity contribution in [3.05, 3.63) is 56.4 Å². The number of hydrogen-bond donors (Lipinski definition) is 0. The molecule has 0 atom stereocenters. The van der Waals surface area contributed by atoms with Crippen LogP contribution in [0, 0.1) is 13.8 Å². The third kappa shape index (κ3) is 3.08. The Balaban J connectivity index is 1.84. The van der Waals surface area contributed by atoms with Gasteiger partial charge in [-0.05, 0) is 43.5 Å². The summed E-state index contributed by atoms with van der Waals surface area (Å²) in [7, 11) is 0. The molecule has 4 nitrogen and oxygen atoms in total. The van der Waals surface area contributed by atoms with Gasteiger partial charge in [0.1, 0.15) is 5.01 Å². The van der Waals surface area contributed by atoms with Crippen molar-refractivity contribution in [1.29, 1.82) is 0 Å². The first-order valence-electron chi connectivity index (χ1n) is 7.15. The van der Waals surface area contributed by atoms with E-state index in [9.17, 15) is 4.79 Å². The molecular weight excluding hydrogens is 314 g/mol. The molecule has 0 saturated carbocycles. The molecule has 22 heavy (non-hydrogen) atoms. The molecule has 0 radical (unpaired) electrons. The van der Waals surface area contributed by atoms with Crippen LogP contribution >= 0.6 is 23.1 Å². The van der Waals surface area contributed by atoms with Crippen molar-refractivity contribution in [2.45, 2.75) is 37.8 Å². The fourth-order valence-electron chi connectivity index (χ4n) is 2.07. The average molecular weight is 331 g/mol. The molecule has 6 heteroatoms. The molecule has 0 saturated heterocycles. The standard InChI is InChI=1S/C16H17N3OS2/c1-4-14-18-19-15(20)8-12(17-16(19)22-14)9-21-13-6-5-10(2)11(3)7-13/h5-8H,4,9H2,1-3H3. The molecule has 0 aliphatic rings. The molecule has 0 aliphatic heterocycles. The minimum absolute atomic E-state index is 0.100. The first-order chi connectivity index (χ1) is 10.6. The van der Waals surface area contributed by atoms with Crippen LogP contribution in [0.1, 0.15) is 28.8 Å². The van der Waals surface area contributed by atoms with Gasteiger partial charge in [-0.1, -0.05) is 24.3 Å². The second-order valence-electron chi connectivity index (χ2n) is 5.16. The van der Waals surface area contributed by atoms with Crippen LogP contribution in [0.2, 0.25) is 0 Å². The van der Waals surface area contributed by atoms with E-state index in [1.807, 2.05) is 6.92 Å². The van der Waals surface area contributed by atoms with Gasteiger partial charge in [0.2, 0.25) is 4.96 Å². The number of benzene rings is 1. The lowest BCUT2D eigenvalue weighted by Gasteiger charge is -2.05. The van der Waals surface area contributed by atoms with Gasteiger partial charge in [-0.15, -0.1) is 11.8 Å². The average Bonchev–Trinajstić information content (AvgIpc) is 2.92. The minimum atomic E-state index is -0.100. The van der Waals surface area contributed by atoms with Crippen LogP contribution in [0.15, 0.2) is 34.0 Å². The van der Waals surface area contributed by atoms with Crippen molar-refractivity contribution in [3.63, 3.8) is 0 Å². The summed E-state index contributed by atoms with van der Waals surface area (Å²) in [6, 6.07) is 7.99. The SMILES string of the molecule is CCc1nn2c(=O)cc(CSc3ccc(C)c(C)c3)nc2s1. The molecule has 0 amide bonds. The highest BCUT2D eigenvalue weighted by atomic mass is 32.2. The quantitative estimate of drug-likeness (QED) is 0.685. The molecule has 114 valence electrons. The number of thioether (sulfide) groups is 1. The van der Waals surface area contributed by atoms with Gasteiger partial charge in [0, 0.05) is 16.7 Å². The number of aryl methyl sites for hydroxylation is 3. The Bertz CT molecular complexity index is 883. The predicted octanol–water partition coefficient (Wildman–Crippen LogP) is 3.62. The van der Waals surface area contributed by atoms with E-state index in [2.05, 4.69) is 42.1 Å². The van der Waals surface area contributed by atoms with Gasteiger partial charge < -0.3 is 0 Å². The summed E-state index contributed by atoms with van der Waals surface area (Å²) in [6.45, 7) is 6.24. The summed E-state index contributed by atoms with van der Waals surface area (Å²) in [5.74, 6) is 0.688. The molecule has 0 unspecified atom stereocenters. The maximum atomic E-state index is 12.1. The topological polar surface area (TPSA) is 47.3 Å². The monoisotopic (exact) mass is 331 g/mol. The Morgan fingerprint density at radius 3 is 2.77 bits per heavy atom. The molecule has 2 heterocycles. The number of nitrogens with zero attached hydrogens (tertiary/aromatic N) is 3. The van der Waals surface area contributed by atoms with Gasteiger partial charge in [-0.25, -0.2) is 4.98 Å². The minimum Gasteiger partial charge on any atom is -0.267 e. The predicted molar refractivity (Wildman–Crippen MR) is 92.0 cm³/mol. The molecule has 2 aromatic heterocycles. The van der Waals surface area contributed by atoms with E-state index in [1.165, 1.54) is 31.9 Å². The number of fused-ring (bicyclic) bond motifs is 1. The summed E-state index contributed by atoms with van der Waals surface area (Å²) in [5, 5.41) is 5.20. The second kappa shape index (κ2) is 6.22. The summed E-state index contributed by atoms with van der Waals surface area (Å²) in [6.07, 6.45) is 0.820. The lowest BCUT2D eigenvalue weighted by atomic mass is 10.1. The zero-order chi connectivity index (χ0) is 15.7. The normalized spacial score (nSPS) is 11.2. The Morgan fingerprint density at radius 2 is 2.05 bits per heavy atom. The zero-order valence-electron chi connectivity index (χ0n) is 12.8. The Kier molecular flexibility index (Phi) is 4.31. The molecule has 0 aliphatic carbocycles. The first-order valence-corrected chi connectivity index (χ1v) is 8.95. The van der Waals surface area contributed by atoms with Crippen LogP contribution < -0.4 is 5.56 Å². The maximum absolute atomic E-state index is 12.1. The molecule has 0 N–H and O–H groups in total. The van der Waals surface area contributed by atoms with E-state index < -0.39 is 0 Å². The molecule has 3 rings (SSSR count). The van der Waals surface area contributed by atoms with E-state index in [-0.39, 0.29) is 5.56 Å². The number of rotatable bonds is 4. The molecular formula is C16H17N3OS2. The lowest BCUT2D eigenvalue weighted by molar-refractivity contribution is 0.852. The fourth-order valence-corrected chi connectivity index (χ4v) is 3.82. The summed E-state index contributed by atoms with van der Waals surface area (Å²) >= 11 is 3.18. The Morgan fingerprint density at radius 1 is 1.23 bits per heavy atom. The highest BCUT2D eigenvalue weighted by molar-refractivity contribution is 7.98. The van der Waals surface area contributed by atoms with Crippen LogP contribution in [-0.2, 0) is 12.2 Å². The van der Waals surface area contributed by atoms with Gasteiger partial charge in [-0.2, -0.15) is 9.61 Å². The van der Waals surface area contributed by atoms with Crippen LogP contribution in [0.3, 0.4) is 0 Å². The van der Waals surface area contributed by atoms with Crippen molar-refractivity contribution in [3.8, 4) is 0 Å². The van der Waals surface area contributed by atoms with Crippen molar-refractivity contribution < 1.29 is 0 Å². The summed E-state index contributed by atoms with van der Waals surface area (Å²) in [5.41, 5.74) is 3.28. The zero-order valence-corrected chi connectivity index (χ0v) is 14.4. The lowest BCUT2D eigenvalue weighted by Crippen LogP contribution is -2.15. The largest absolute Gasteiger partial charge is 0.275 e. The van der Waals surface area contributed by atoms with Crippen molar-refractivity contribution >= 4 is 28.1 Å². The first kappa shape index (κ1) is 15.2. The van der Waals surface area contributed by atoms with E-state index in [0.717, 1.165) is 17.1 Å². The van der Waals surface area contributed by atoms with Gasteiger partial charge in [0.05, 0.1) is 5.69 Å². The van der Waals surface area contributed by atoms with Crippen molar-refractivity contribution in [2.75, 3.05) is 0 Å². The highest BCUT2D eigenvalue weighted by Crippen LogP contribution is 2.24. The number of hydrogen-bond acceptors (Lipinski definition) is 5. The summed E-state index contributed by atoms with van der Waals surface area (Å²) < 4.78 is 1.40. The van der Waals surface area contributed by atoms with Crippen molar-refractivity contribution in [1.82, 2.24) is 14.6 Å². The Hall–Kier alpha value is -1.66. The van der Waals surface area contributed by atoms with E-state index in [4.69, 9.17) is 0 Å². The molecule has 1 aromatic carbocycles. The van der Waals surface area contributed by atoms with Crippen LogP contribution in [-0.4, -0.2) is 14.6 Å². The Labute approximate surface area is 137 Å². The highest BCUT2D eigenvalue weighted by Gasteiger charge is 2.08. The maximum Gasteiger partial charge on any atom is 0.275 e. The van der Waals surface area contributed by atoms with Gasteiger partial charge in [0.15, 0.2) is 0 Å². The molecule has 0 bridgehead atoms. The molecule has 0 fully saturated rings. The van der Waals surface area contributed by atoms with Crippen LogP contribution in [0.4, 0.5) is 0 Å². The van der Waals surface area contributed by atoms with Crippen LogP contribution in [0.25, 0.3) is 4.96 Å². The van der Waals surface area contributed by atoms with Gasteiger partial charge >= 0.3 is 0 Å². The summed E-state index contributed by atoms with van der Waals surface area (Å²) in [4.78, 5) is 18.5. The van der Waals surface area contributed by atoms with E-state index >= 15 is 0 Å². The number of aromatic nitrogens is 3. The third-order valence-corrected chi connectivity index (χ3v) is 5.59. The van der Waals surface area contributed by atoms with Gasteiger partial charge in [0.25, 0.3) is 5.56 Å². The van der Waals surface area contributed by atoms with Crippen molar-refractivity contribution in [2.24, 2.45) is 0 Å². The van der Waals surface area contributed by atoms with Gasteiger partial charge in [-0.3, -0.25) is 4.79 Å². The second-order valence-corrected chi connectivity index (χ2v) is 7.25. The van der Waals surface area contributed by atoms with Crippen LogP contribution in [0.5, 0.6) is 0 Å². The van der Waals surface area contributed by atoms with E-state index in [0.29, 0.717) is 10.7 Å². The third-order valence-electron chi connectivity index (χ3n) is 3.51. The fraction of sp³-hybridized carbons (Fsp3) is 0.312. The smallest absolute Gasteiger partial charge is 0.267 e.